The van der Waals surface area contributed by atoms with E-state index in [1.807, 2.05) is 0 Å². The molecule has 1 heteroatoms. The van der Waals surface area contributed by atoms with E-state index in [1.54, 1.807) is 0 Å². The molecule has 1 nitrogen and oxygen atoms in total. The SMILES string of the molecule is Cc1cccc(CC(O)C2(c3ccccc3)CCCC2)c1. The molecule has 1 unspecified atom stereocenters. The van der Waals surface area contributed by atoms with Gasteiger partial charge in [0.05, 0.1) is 6.10 Å². The first-order valence-electron chi connectivity index (χ1n) is 8.00. The number of aliphatic hydroxyl groups is 1. The Morgan fingerprint density at radius 2 is 1.71 bits per heavy atom. The number of rotatable bonds is 4. The minimum atomic E-state index is -0.302. The first kappa shape index (κ1) is 14.3. The highest BCUT2D eigenvalue weighted by Crippen LogP contribution is 2.44. The fourth-order valence-electron chi connectivity index (χ4n) is 3.85. The Hall–Kier alpha value is -1.60. The molecule has 1 aliphatic rings. The molecule has 1 aliphatic carbocycles. The molecule has 0 aliphatic heterocycles. The Balaban J connectivity index is 1.87. The average Bonchev–Trinajstić information content (AvgIpc) is 2.99. The van der Waals surface area contributed by atoms with Crippen molar-refractivity contribution < 1.29 is 5.11 Å². The summed E-state index contributed by atoms with van der Waals surface area (Å²) in [4.78, 5) is 0. The summed E-state index contributed by atoms with van der Waals surface area (Å²) in [7, 11) is 0. The summed E-state index contributed by atoms with van der Waals surface area (Å²) in [6.45, 7) is 2.11. The van der Waals surface area contributed by atoms with Crippen molar-refractivity contribution in [1.29, 1.82) is 0 Å². The summed E-state index contributed by atoms with van der Waals surface area (Å²) in [5.41, 5.74) is 3.76. The van der Waals surface area contributed by atoms with Gasteiger partial charge in [-0.15, -0.1) is 0 Å². The molecule has 0 spiro atoms. The van der Waals surface area contributed by atoms with E-state index in [9.17, 15) is 5.11 Å². The van der Waals surface area contributed by atoms with Gasteiger partial charge < -0.3 is 5.11 Å². The third kappa shape index (κ3) is 2.89. The molecule has 3 rings (SSSR count). The maximum absolute atomic E-state index is 11.0. The number of benzene rings is 2. The summed E-state index contributed by atoms with van der Waals surface area (Å²) in [5.74, 6) is 0. The first-order chi connectivity index (χ1) is 10.2. The lowest BCUT2D eigenvalue weighted by atomic mass is 9.72. The van der Waals surface area contributed by atoms with Crippen LogP contribution in [-0.2, 0) is 11.8 Å². The maximum Gasteiger partial charge on any atom is 0.0677 e. The van der Waals surface area contributed by atoms with Crippen molar-refractivity contribution in [1.82, 2.24) is 0 Å². The molecule has 0 saturated heterocycles. The Morgan fingerprint density at radius 3 is 2.38 bits per heavy atom. The van der Waals surface area contributed by atoms with Crippen LogP contribution in [0.4, 0.5) is 0 Å². The zero-order valence-electron chi connectivity index (χ0n) is 12.8. The van der Waals surface area contributed by atoms with Crippen LogP contribution in [0.1, 0.15) is 42.4 Å². The Bertz CT molecular complexity index is 582. The van der Waals surface area contributed by atoms with Gasteiger partial charge in [-0.1, -0.05) is 73.0 Å². The third-order valence-electron chi connectivity index (χ3n) is 4.99. The Kier molecular flexibility index (Phi) is 4.12. The molecule has 0 amide bonds. The number of aliphatic hydroxyl groups excluding tert-OH is 1. The van der Waals surface area contributed by atoms with E-state index in [-0.39, 0.29) is 11.5 Å². The Morgan fingerprint density at radius 1 is 1.00 bits per heavy atom. The van der Waals surface area contributed by atoms with E-state index in [0.717, 1.165) is 19.3 Å². The van der Waals surface area contributed by atoms with Gasteiger partial charge in [0.15, 0.2) is 0 Å². The molecule has 0 radical (unpaired) electrons. The van der Waals surface area contributed by atoms with E-state index in [4.69, 9.17) is 0 Å². The van der Waals surface area contributed by atoms with Crippen molar-refractivity contribution in [3.63, 3.8) is 0 Å². The molecular weight excluding hydrogens is 256 g/mol. The monoisotopic (exact) mass is 280 g/mol. The fraction of sp³-hybridized carbons (Fsp3) is 0.400. The van der Waals surface area contributed by atoms with E-state index < -0.39 is 0 Å². The molecule has 0 heterocycles. The molecule has 2 aromatic rings. The van der Waals surface area contributed by atoms with Crippen molar-refractivity contribution in [2.24, 2.45) is 0 Å². The quantitative estimate of drug-likeness (QED) is 0.879. The van der Waals surface area contributed by atoms with E-state index in [1.165, 1.54) is 29.5 Å². The molecule has 1 atom stereocenters. The van der Waals surface area contributed by atoms with Crippen LogP contribution >= 0.6 is 0 Å². The normalized spacial score (nSPS) is 18.6. The number of hydrogen-bond acceptors (Lipinski definition) is 1. The van der Waals surface area contributed by atoms with Crippen LogP contribution in [0.25, 0.3) is 0 Å². The number of aryl methyl sites for hydroxylation is 1. The first-order valence-corrected chi connectivity index (χ1v) is 8.00. The Labute approximate surface area is 127 Å². The molecular formula is C20H24O. The van der Waals surface area contributed by atoms with E-state index in [0.29, 0.717) is 0 Å². The van der Waals surface area contributed by atoms with Crippen LogP contribution in [0.2, 0.25) is 0 Å². The molecule has 2 aromatic carbocycles. The molecule has 21 heavy (non-hydrogen) atoms. The van der Waals surface area contributed by atoms with Crippen molar-refractivity contribution in [3.8, 4) is 0 Å². The van der Waals surface area contributed by atoms with Crippen molar-refractivity contribution in [2.75, 3.05) is 0 Å². The van der Waals surface area contributed by atoms with Crippen molar-refractivity contribution in [2.45, 2.75) is 50.5 Å². The highest BCUT2D eigenvalue weighted by Gasteiger charge is 2.41. The predicted molar refractivity (Wildman–Crippen MR) is 87.5 cm³/mol. The summed E-state index contributed by atoms with van der Waals surface area (Å²) in [5, 5.41) is 11.0. The molecule has 1 fully saturated rings. The van der Waals surface area contributed by atoms with Gasteiger partial charge in [0, 0.05) is 5.41 Å². The topological polar surface area (TPSA) is 20.2 Å². The van der Waals surface area contributed by atoms with Crippen LogP contribution in [0.15, 0.2) is 54.6 Å². The molecule has 0 bridgehead atoms. The lowest BCUT2D eigenvalue weighted by molar-refractivity contribution is 0.0825. The minimum absolute atomic E-state index is 0.0506. The second-order valence-corrected chi connectivity index (χ2v) is 6.44. The molecule has 1 saturated carbocycles. The molecule has 110 valence electrons. The van der Waals surface area contributed by atoms with Gasteiger partial charge in [-0.05, 0) is 37.3 Å². The largest absolute Gasteiger partial charge is 0.392 e. The van der Waals surface area contributed by atoms with Crippen LogP contribution < -0.4 is 0 Å². The highest BCUT2D eigenvalue weighted by atomic mass is 16.3. The second-order valence-electron chi connectivity index (χ2n) is 6.44. The van der Waals surface area contributed by atoms with Crippen LogP contribution in [0.5, 0.6) is 0 Å². The van der Waals surface area contributed by atoms with E-state index in [2.05, 4.69) is 61.5 Å². The standard InChI is InChI=1S/C20H24O/c1-16-8-7-9-17(14-16)15-19(21)20(12-5-6-13-20)18-10-3-2-4-11-18/h2-4,7-11,14,19,21H,5-6,12-13,15H2,1H3. The van der Waals surface area contributed by atoms with Gasteiger partial charge in [0.25, 0.3) is 0 Å². The fourth-order valence-corrected chi connectivity index (χ4v) is 3.85. The molecule has 1 N–H and O–H groups in total. The maximum atomic E-state index is 11.0. The average molecular weight is 280 g/mol. The lowest BCUT2D eigenvalue weighted by Gasteiger charge is -2.35. The summed E-state index contributed by atoms with van der Waals surface area (Å²) in [6, 6.07) is 19.1. The van der Waals surface area contributed by atoms with E-state index >= 15 is 0 Å². The zero-order chi connectivity index (χ0) is 14.7. The van der Waals surface area contributed by atoms with Crippen LogP contribution in [0.3, 0.4) is 0 Å². The highest BCUT2D eigenvalue weighted by molar-refractivity contribution is 5.30. The van der Waals surface area contributed by atoms with Crippen LogP contribution in [0, 0.1) is 6.92 Å². The predicted octanol–water partition coefficient (Wildman–Crippen LogP) is 4.41. The van der Waals surface area contributed by atoms with Gasteiger partial charge >= 0.3 is 0 Å². The zero-order valence-corrected chi connectivity index (χ0v) is 12.8. The summed E-state index contributed by atoms with van der Waals surface area (Å²) >= 11 is 0. The third-order valence-corrected chi connectivity index (χ3v) is 4.99. The second kappa shape index (κ2) is 6.03. The smallest absolute Gasteiger partial charge is 0.0677 e. The van der Waals surface area contributed by atoms with Gasteiger partial charge in [-0.3, -0.25) is 0 Å². The summed E-state index contributed by atoms with van der Waals surface area (Å²) < 4.78 is 0. The van der Waals surface area contributed by atoms with Crippen molar-refractivity contribution in [3.05, 3.63) is 71.3 Å². The molecule has 0 aromatic heterocycles. The van der Waals surface area contributed by atoms with Gasteiger partial charge in [-0.2, -0.15) is 0 Å². The van der Waals surface area contributed by atoms with Gasteiger partial charge in [0.1, 0.15) is 0 Å². The lowest BCUT2D eigenvalue weighted by Crippen LogP contribution is -2.38. The van der Waals surface area contributed by atoms with Gasteiger partial charge in [0.2, 0.25) is 0 Å². The number of hydrogen-bond donors (Lipinski definition) is 1. The summed E-state index contributed by atoms with van der Waals surface area (Å²) in [6.07, 6.45) is 5.09. The minimum Gasteiger partial charge on any atom is -0.392 e. The van der Waals surface area contributed by atoms with Gasteiger partial charge in [-0.25, -0.2) is 0 Å². The van der Waals surface area contributed by atoms with Crippen molar-refractivity contribution >= 4 is 0 Å². The van der Waals surface area contributed by atoms with Crippen LogP contribution in [-0.4, -0.2) is 11.2 Å².